The third-order valence-corrected chi connectivity index (χ3v) is 4.06. The van der Waals surface area contributed by atoms with Crippen molar-refractivity contribution in [3.05, 3.63) is 0 Å². The van der Waals surface area contributed by atoms with Crippen molar-refractivity contribution >= 4 is 10.1 Å². The van der Waals surface area contributed by atoms with Crippen LogP contribution in [0.25, 0.3) is 0 Å². The second-order valence-electron chi connectivity index (χ2n) is 3.16. The third-order valence-electron chi connectivity index (χ3n) is 2.31. The van der Waals surface area contributed by atoms with Crippen LogP contribution < -0.4 is 0 Å². The lowest BCUT2D eigenvalue weighted by Crippen LogP contribution is -2.37. The molecule has 72 valence electrons. The Morgan fingerprint density at radius 2 is 1.83 bits per heavy atom. The molecular weight excluding hydrogens is 178 g/mol. The van der Waals surface area contributed by atoms with Gasteiger partial charge in [-0.15, -0.1) is 0 Å². The van der Waals surface area contributed by atoms with Crippen LogP contribution in [-0.2, 0) is 14.3 Å². The summed E-state index contributed by atoms with van der Waals surface area (Å²) >= 11 is 0. The van der Waals surface area contributed by atoms with E-state index in [-0.39, 0.29) is 5.25 Å². The summed E-state index contributed by atoms with van der Waals surface area (Å²) in [5.74, 6) is 0. The maximum Gasteiger partial charge on any atom is 0.270 e. The fourth-order valence-corrected chi connectivity index (χ4v) is 2.47. The van der Waals surface area contributed by atoms with Crippen molar-refractivity contribution in [2.24, 2.45) is 0 Å². The highest BCUT2D eigenvalue weighted by Crippen LogP contribution is 2.17. The van der Waals surface area contributed by atoms with E-state index >= 15 is 0 Å². The average Bonchev–Trinajstić information content (AvgIpc) is 2.05. The molecule has 4 nitrogen and oxygen atoms in total. The Balaban J connectivity index is 2.56. The highest BCUT2D eigenvalue weighted by atomic mass is 32.2. The summed E-state index contributed by atoms with van der Waals surface area (Å²) < 4.78 is 26.9. The molecule has 0 amide bonds. The van der Waals surface area contributed by atoms with Crippen LogP contribution in [0.1, 0.15) is 12.8 Å². The van der Waals surface area contributed by atoms with Gasteiger partial charge in [0.15, 0.2) is 0 Å². The van der Waals surface area contributed by atoms with Crippen LogP contribution in [0.15, 0.2) is 0 Å². The van der Waals surface area contributed by atoms with Gasteiger partial charge in [0, 0.05) is 0 Å². The van der Waals surface area contributed by atoms with Gasteiger partial charge >= 0.3 is 0 Å². The van der Waals surface area contributed by atoms with E-state index in [4.69, 9.17) is 0 Å². The van der Waals surface area contributed by atoms with Crippen LogP contribution in [0.5, 0.6) is 0 Å². The Hall–Kier alpha value is -0.130. The van der Waals surface area contributed by atoms with E-state index in [0.717, 1.165) is 13.1 Å². The molecule has 5 heteroatoms. The molecule has 1 fully saturated rings. The van der Waals surface area contributed by atoms with Crippen molar-refractivity contribution in [2.75, 3.05) is 27.2 Å². The highest BCUT2D eigenvalue weighted by molar-refractivity contribution is 7.87. The first-order valence-electron chi connectivity index (χ1n) is 4.04. The van der Waals surface area contributed by atoms with Crippen LogP contribution in [-0.4, -0.2) is 45.8 Å². The predicted molar refractivity (Wildman–Crippen MR) is 46.4 cm³/mol. The van der Waals surface area contributed by atoms with Gasteiger partial charge in [-0.05, 0) is 33.0 Å². The lowest BCUT2D eigenvalue weighted by molar-refractivity contribution is 0.267. The monoisotopic (exact) mass is 193 g/mol. The number of hydrogen-bond acceptors (Lipinski definition) is 4. The van der Waals surface area contributed by atoms with Crippen molar-refractivity contribution in [3.8, 4) is 0 Å². The summed E-state index contributed by atoms with van der Waals surface area (Å²) in [5, 5.41) is -0.293. The molecule has 12 heavy (non-hydrogen) atoms. The summed E-state index contributed by atoms with van der Waals surface area (Å²) in [4.78, 5) is 2.13. The van der Waals surface area contributed by atoms with Crippen LogP contribution in [0.3, 0.4) is 0 Å². The molecule has 0 N–H and O–H groups in total. The molecule has 0 aromatic rings. The fourth-order valence-electron chi connectivity index (χ4n) is 1.41. The molecule has 0 aromatic heterocycles. The first-order chi connectivity index (χ1) is 5.56. The minimum atomic E-state index is -3.27. The maximum atomic E-state index is 11.2. The minimum absolute atomic E-state index is 0.293. The third kappa shape index (κ3) is 2.18. The van der Waals surface area contributed by atoms with Gasteiger partial charge in [0.25, 0.3) is 10.1 Å². The van der Waals surface area contributed by atoms with Gasteiger partial charge in [0.1, 0.15) is 0 Å². The summed E-state index contributed by atoms with van der Waals surface area (Å²) in [6, 6.07) is 0. The molecule has 1 aliphatic rings. The maximum absolute atomic E-state index is 11.2. The zero-order valence-electron chi connectivity index (χ0n) is 7.49. The van der Waals surface area contributed by atoms with Gasteiger partial charge in [-0.3, -0.25) is 4.18 Å². The summed E-state index contributed by atoms with van der Waals surface area (Å²) in [7, 11) is -0.0459. The lowest BCUT2D eigenvalue weighted by Gasteiger charge is -2.27. The van der Waals surface area contributed by atoms with E-state index in [9.17, 15) is 8.42 Å². The van der Waals surface area contributed by atoms with Crippen molar-refractivity contribution < 1.29 is 12.6 Å². The number of piperidine rings is 1. The highest BCUT2D eigenvalue weighted by Gasteiger charge is 2.28. The molecule has 1 saturated heterocycles. The molecule has 0 saturated carbocycles. The van der Waals surface area contributed by atoms with E-state index in [1.807, 2.05) is 7.05 Å². The quantitative estimate of drug-likeness (QED) is 0.582. The Morgan fingerprint density at radius 3 is 2.25 bits per heavy atom. The van der Waals surface area contributed by atoms with Gasteiger partial charge < -0.3 is 4.90 Å². The molecule has 0 aromatic carbocycles. The second kappa shape index (κ2) is 3.72. The van der Waals surface area contributed by atoms with E-state index in [2.05, 4.69) is 9.08 Å². The first kappa shape index (κ1) is 9.95. The summed E-state index contributed by atoms with van der Waals surface area (Å²) in [5.41, 5.74) is 0. The number of rotatable bonds is 2. The summed E-state index contributed by atoms with van der Waals surface area (Å²) in [6.07, 6.45) is 1.37. The molecule has 0 spiro atoms. The Labute approximate surface area is 73.6 Å². The topological polar surface area (TPSA) is 46.6 Å². The van der Waals surface area contributed by atoms with Crippen LogP contribution in [0.2, 0.25) is 0 Å². The fraction of sp³-hybridized carbons (Fsp3) is 1.00. The second-order valence-corrected chi connectivity index (χ2v) is 5.15. The molecule has 1 rings (SSSR count). The lowest BCUT2D eigenvalue weighted by atomic mass is 10.1. The molecule has 0 aliphatic carbocycles. The predicted octanol–water partition coefficient (Wildman–Crippen LogP) is 0.0568. The van der Waals surface area contributed by atoms with Crippen LogP contribution >= 0.6 is 0 Å². The van der Waals surface area contributed by atoms with Gasteiger partial charge in [-0.2, -0.15) is 8.42 Å². The van der Waals surface area contributed by atoms with E-state index in [1.54, 1.807) is 0 Å². The Bertz CT molecular complexity index is 229. The molecule has 0 atom stereocenters. The largest absolute Gasteiger partial charge is 0.306 e. The van der Waals surface area contributed by atoms with Gasteiger partial charge in [0.2, 0.25) is 0 Å². The Morgan fingerprint density at radius 1 is 1.33 bits per heavy atom. The normalized spacial score (nSPS) is 22.8. The zero-order valence-corrected chi connectivity index (χ0v) is 8.30. The first-order valence-corrected chi connectivity index (χ1v) is 5.51. The molecular formula is C7H15NO3S. The van der Waals surface area contributed by atoms with Crippen molar-refractivity contribution in [1.82, 2.24) is 4.90 Å². The zero-order chi connectivity index (χ0) is 9.19. The van der Waals surface area contributed by atoms with Gasteiger partial charge in [-0.1, -0.05) is 0 Å². The standard InChI is InChI=1S/C7H15NO3S/c1-8-5-3-7(4-6-8)12(9,10)11-2/h7H,3-6H2,1-2H3. The van der Waals surface area contributed by atoms with Crippen LogP contribution in [0, 0.1) is 0 Å². The SMILES string of the molecule is COS(=O)(=O)C1CCN(C)CC1. The Kier molecular flexibility index (Phi) is 3.09. The molecule has 0 unspecified atom stereocenters. The van der Waals surface area contributed by atoms with E-state index in [0.29, 0.717) is 12.8 Å². The number of nitrogens with zero attached hydrogens (tertiary/aromatic N) is 1. The molecule has 1 heterocycles. The average molecular weight is 193 g/mol. The van der Waals surface area contributed by atoms with E-state index < -0.39 is 10.1 Å². The smallest absolute Gasteiger partial charge is 0.270 e. The molecule has 0 radical (unpaired) electrons. The number of likely N-dealkylation sites (tertiary alicyclic amines) is 1. The van der Waals surface area contributed by atoms with Crippen molar-refractivity contribution in [2.45, 2.75) is 18.1 Å². The molecule has 1 aliphatic heterocycles. The summed E-state index contributed by atoms with van der Waals surface area (Å²) in [6.45, 7) is 1.68. The van der Waals surface area contributed by atoms with Gasteiger partial charge in [-0.25, -0.2) is 0 Å². The van der Waals surface area contributed by atoms with E-state index in [1.165, 1.54) is 7.11 Å². The van der Waals surface area contributed by atoms with Crippen LogP contribution in [0.4, 0.5) is 0 Å². The number of hydrogen-bond donors (Lipinski definition) is 0. The van der Waals surface area contributed by atoms with Crippen molar-refractivity contribution in [3.63, 3.8) is 0 Å². The molecule has 0 bridgehead atoms. The van der Waals surface area contributed by atoms with Gasteiger partial charge in [0.05, 0.1) is 12.4 Å². The van der Waals surface area contributed by atoms with Crippen molar-refractivity contribution in [1.29, 1.82) is 0 Å². The minimum Gasteiger partial charge on any atom is -0.306 e.